The molecule has 7 nitrogen and oxygen atoms in total. The molecule has 0 atom stereocenters. The van der Waals surface area contributed by atoms with E-state index >= 15 is 0 Å². The van der Waals surface area contributed by atoms with Crippen molar-refractivity contribution in [2.24, 2.45) is 0 Å². The van der Waals surface area contributed by atoms with Crippen LogP contribution in [0.1, 0.15) is 49.5 Å². The molecule has 35 heavy (non-hydrogen) atoms. The minimum Gasteiger partial charge on any atom is -0.444 e. The molecule has 1 fully saturated rings. The van der Waals surface area contributed by atoms with E-state index in [1.54, 1.807) is 16.2 Å². The van der Waals surface area contributed by atoms with Gasteiger partial charge in [0.15, 0.2) is 4.96 Å². The van der Waals surface area contributed by atoms with Crippen LogP contribution in [0.4, 0.5) is 4.79 Å². The first-order chi connectivity index (χ1) is 16.7. The zero-order chi connectivity index (χ0) is 24.7. The minimum absolute atomic E-state index is 0.0365. The highest BCUT2D eigenvalue weighted by Gasteiger charge is 2.27. The fourth-order valence-corrected chi connectivity index (χ4v) is 5.43. The third kappa shape index (κ3) is 5.03. The lowest BCUT2D eigenvalue weighted by Gasteiger charge is -2.33. The van der Waals surface area contributed by atoms with Gasteiger partial charge in [0.25, 0.3) is 5.91 Å². The van der Waals surface area contributed by atoms with E-state index in [9.17, 15) is 9.59 Å². The number of likely N-dealkylation sites (tertiary alicyclic amines) is 1. The summed E-state index contributed by atoms with van der Waals surface area (Å²) in [5, 5.41) is 3.14. The largest absolute Gasteiger partial charge is 0.444 e. The van der Waals surface area contributed by atoms with Gasteiger partial charge in [0.05, 0.1) is 15.9 Å². The van der Waals surface area contributed by atoms with Crippen molar-refractivity contribution >= 4 is 38.5 Å². The monoisotopic (exact) mass is 490 g/mol. The van der Waals surface area contributed by atoms with E-state index in [2.05, 4.69) is 41.0 Å². The molecule has 4 aromatic rings. The van der Waals surface area contributed by atoms with Crippen molar-refractivity contribution in [2.75, 3.05) is 13.1 Å². The molecule has 0 radical (unpaired) electrons. The molecule has 1 aliphatic heterocycles. The van der Waals surface area contributed by atoms with Crippen molar-refractivity contribution in [3.8, 4) is 11.3 Å². The summed E-state index contributed by atoms with van der Waals surface area (Å²) in [6, 6.07) is 14.2. The van der Waals surface area contributed by atoms with Crippen molar-refractivity contribution in [2.45, 2.75) is 52.2 Å². The predicted molar refractivity (Wildman–Crippen MR) is 139 cm³/mol. The standard InChI is InChI=1S/C27H30N4O3S/c1-17-6-5-7-18(14-17)21-16-31-22-9-8-19(15-23(22)35-25(31)29-21)24(32)28-20-10-12-30(13-11-20)26(33)34-27(2,3)4/h5-9,14-16,20H,10-13H2,1-4H3,(H,28,32). The Morgan fingerprint density at radius 2 is 1.89 bits per heavy atom. The van der Waals surface area contributed by atoms with Crippen molar-refractivity contribution in [1.29, 1.82) is 0 Å². The summed E-state index contributed by atoms with van der Waals surface area (Å²) in [5.41, 5.74) is 4.42. The Morgan fingerprint density at radius 1 is 1.11 bits per heavy atom. The van der Waals surface area contributed by atoms with Gasteiger partial charge < -0.3 is 15.0 Å². The normalized spacial score (nSPS) is 15.0. The van der Waals surface area contributed by atoms with Crippen LogP contribution in [-0.2, 0) is 4.74 Å². The van der Waals surface area contributed by atoms with Gasteiger partial charge in [-0.25, -0.2) is 9.78 Å². The number of benzene rings is 2. The van der Waals surface area contributed by atoms with Crippen molar-refractivity contribution < 1.29 is 14.3 Å². The molecule has 2 aromatic heterocycles. The maximum Gasteiger partial charge on any atom is 0.410 e. The number of fused-ring (bicyclic) bond motifs is 3. The van der Waals surface area contributed by atoms with Crippen molar-refractivity contribution in [3.63, 3.8) is 0 Å². The number of amides is 2. The molecule has 3 heterocycles. The van der Waals surface area contributed by atoms with Gasteiger partial charge in [-0.1, -0.05) is 35.1 Å². The summed E-state index contributed by atoms with van der Waals surface area (Å²) in [6.45, 7) is 8.82. The second kappa shape index (κ2) is 9.00. The van der Waals surface area contributed by atoms with Crippen LogP contribution < -0.4 is 5.32 Å². The number of ether oxygens (including phenoxy) is 1. The number of nitrogens with zero attached hydrogens (tertiary/aromatic N) is 3. The molecule has 1 N–H and O–H groups in total. The van der Waals surface area contributed by atoms with Crippen LogP contribution in [0.15, 0.2) is 48.7 Å². The number of piperidine rings is 1. The summed E-state index contributed by atoms with van der Waals surface area (Å²) >= 11 is 1.58. The van der Waals surface area contributed by atoms with Crippen LogP contribution in [0.3, 0.4) is 0 Å². The van der Waals surface area contributed by atoms with Gasteiger partial charge in [0.2, 0.25) is 0 Å². The van der Waals surface area contributed by atoms with Crippen LogP contribution in [0.5, 0.6) is 0 Å². The predicted octanol–water partition coefficient (Wildman–Crippen LogP) is 5.65. The molecule has 0 saturated carbocycles. The average Bonchev–Trinajstić information content (AvgIpc) is 3.36. The second-order valence-electron chi connectivity index (χ2n) is 10.1. The van der Waals surface area contributed by atoms with Gasteiger partial charge in [0, 0.05) is 36.5 Å². The topological polar surface area (TPSA) is 75.9 Å². The molecule has 0 unspecified atom stereocenters. The average molecular weight is 491 g/mol. The van der Waals surface area contributed by atoms with Crippen LogP contribution in [-0.4, -0.2) is 51.0 Å². The Kier molecular flexibility index (Phi) is 6.01. The fraction of sp³-hybridized carbons (Fsp3) is 0.370. The zero-order valence-electron chi connectivity index (χ0n) is 20.5. The second-order valence-corrected chi connectivity index (χ2v) is 11.2. The first-order valence-electron chi connectivity index (χ1n) is 11.9. The van der Waals surface area contributed by atoms with Crippen LogP contribution >= 0.6 is 11.3 Å². The quantitative estimate of drug-likeness (QED) is 0.402. The van der Waals surface area contributed by atoms with Gasteiger partial charge in [-0.05, 0) is 64.8 Å². The van der Waals surface area contributed by atoms with E-state index in [-0.39, 0.29) is 18.0 Å². The maximum absolute atomic E-state index is 12.9. The minimum atomic E-state index is -0.508. The number of thiazole rings is 1. The van der Waals surface area contributed by atoms with Crippen LogP contribution in [0.2, 0.25) is 0 Å². The third-order valence-electron chi connectivity index (χ3n) is 6.15. The van der Waals surface area contributed by atoms with E-state index in [0.717, 1.165) is 26.4 Å². The molecule has 1 aliphatic rings. The molecule has 182 valence electrons. The lowest BCUT2D eigenvalue weighted by atomic mass is 10.0. The Morgan fingerprint density at radius 3 is 2.60 bits per heavy atom. The molecule has 0 bridgehead atoms. The highest BCUT2D eigenvalue weighted by molar-refractivity contribution is 7.23. The number of rotatable bonds is 3. The summed E-state index contributed by atoms with van der Waals surface area (Å²) in [4.78, 5) is 32.6. The van der Waals surface area contributed by atoms with E-state index in [0.29, 0.717) is 31.5 Å². The van der Waals surface area contributed by atoms with Gasteiger partial charge >= 0.3 is 6.09 Å². The summed E-state index contributed by atoms with van der Waals surface area (Å²) in [6.07, 6.45) is 3.19. The number of carbonyl (C=O) groups is 2. The lowest BCUT2D eigenvalue weighted by molar-refractivity contribution is 0.0199. The Labute approximate surface area is 208 Å². The summed E-state index contributed by atoms with van der Waals surface area (Å²) in [7, 11) is 0. The number of imidazole rings is 1. The fourth-order valence-electron chi connectivity index (χ4n) is 4.39. The number of hydrogen-bond donors (Lipinski definition) is 1. The van der Waals surface area contributed by atoms with E-state index < -0.39 is 5.60 Å². The number of carbonyl (C=O) groups excluding carboxylic acids is 2. The highest BCUT2D eigenvalue weighted by Crippen LogP contribution is 2.30. The maximum atomic E-state index is 12.9. The zero-order valence-corrected chi connectivity index (χ0v) is 21.3. The van der Waals surface area contributed by atoms with Crippen LogP contribution in [0.25, 0.3) is 26.4 Å². The van der Waals surface area contributed by atoms with E-state index in [1.807, 2.05) is 45.0 Å². The lowest BCUT2D eigenvalue weighted by Crippen LogP contribution is -2.47. The Bertz CT molecular complexity index is 1410. The first kappa shape index (κ1) is 23.4. The van der Waals surface area contributed by atoms with Crippen molar-refractivity contribution in [3.05, 3.63) is 59.8 Å². The molecule has 2 aromatic carbocycles. The molecule has 1 saturated heterocycles. The Hall–Kier alpha value is -3.39. The molecule has 5 rings (SSSR count). The number of hydrogen-bond acceptors (Lipinski definition) is 5. The van der Waals surface area contributed by atoms with Gasteiger partial charge in [-0.2, -0.15) is 0 Å². The van der Waals surface area contributed by atoms with Crippen molar-refractivity contribution in [1.82, 2.24) is 19.6 Å². The van der Waals surface area contributed by atoms with Gasteiger partial charge in [0.1, 0.15) is 5.60 Å². The molecular weight excluding hydrogens is 460 g/mol. The summed E-state index contributed by atoms with van der Waals surface area (Å²) < 4.78 is 8.57. The van der Waals surface area contributed by atoms with Crippen LogP contribution in [0, 0.1) is 6.92 Å². The molecule has 0 aliphatic carbocycles. The van der Waals surface area contributed by atoms with E-state index in [4.69, 9.17) is 9.72 Å². The van der Waals surface area contributed by atoms with Gasteiger partial charge in [-0.3, -0.25) is 9.20 Å². The highest BCUT2D eigenvalue weighted by atomic mass is 32.1. The molecular formula is C27H30N4O3S. The molecule has 2 amide bonds. The SMILES string of the molecule is Cc1cccc(-c2cn3c(n2)sc2cc(C(=O)NC4CCN(C(=O)OC(C)(C)C)CC4)ccc23)c1. The third-order valence-corrected chi connectivity index (χ3v) is 7.17. The smallest absolute Gasteiger partial charge is 0.410 e. The van der Waals surface area contributed by atoms with E-state index in [1.165, 1.54) is 5.56 Å². The summed E-state index contributed by atoms with van der Waals surface area (Å²) in [5.74, 6) is -0.0888. The number of aromatic nitrogens is 2. The molecule has 8 heteroatoms. The Balaban J connectivity index is 1.25. The first-order valence-corrected chi connectivity index (χ1v) is 12.8. The number of aryl methyl sites for hydroxylation is 1. The van der Waals surface area contributed by atoms with Gasteiger partial charge in [-0.15, -0.1) is 0 Å². The number of nitrogens with one attached hydrogen (secondary N) is 1. The molecule has 0 spiro atoms.